The molecule has 2 aromatic heterocycles. The van der Waals surface area contributed by atoms with E-state index in [1.165, 1.54) is 16.9 Å². The molecule has 0 radical (unpaired) electrons. The first kappa shape index (κ1) is 15.2. The minimum absolute atomic E-state index is 0.610. The zero-order valence-electron chi connectivity index (χ0n) is 11.7. The van der Waals surface area contributed by atoms with Gasteiger partial charge in [0, 0.05) is 20.3 Å². The molecule has 2 heterocycles. The highest BCUT2D eigenvalue weighted by Gasteiger charge is 2.10. The van der Waals surface area contributed by atoms with Crippen LogP contribution < -0.4 is 0 Å². The predicted octanol–water partition coefficient (Wildman–Crippen LogP) is 6.01. The molecule has 0 aliphatic heterocycles. The quantitative estimate of drug-likeness (QED) is 0.517. The van der Waals surface area contributed by atoms with E-state index in [1.54, 1.807) is 11.3 Å². The first-order chi connectivity index (χ1) is 10.7. The first-order valence-corrected chi connectivity index (χ1v) is 9.10. The van der Waals surface area contributed by atoms with Crippen LogP contribution in [0, 0.1) is 18.3 Å². The summed E-state index contributed by atoms with van der Waals surface area (Å²) in [5.41, 5.74) is 3.74. The van der Waals surface area contributed by atoms with Crippen LogP contribution in [0.1, 0.15) is 15.4 Å². The van der Waals surface area contributed by atoms with Gasteiger partial charge in [-0.2, -0.15) is 5.26 Å². The van der Waals surface area contributed by atoms with E-state index in [1.807, 2.05) is 48.0 Å². The molecule has 0 aliphatic rings. The van der Waals surface area contributed by atoms with E-state index in [0.717, 1.165) is 25.6 Å². The maximum atomic E-state index is 9.43. The lowest BCUT2D eigenvalue weighted by Gasteiger charge is -1.97. The fourth-order valence-electron chi connectivity index (χ4n) is 1.96. The summed E-state index contributed by atoms with van der Waals surface area (Å²) in [6.45, 7) is 2.05. The third kappa shape index (κ3) is 3.20. The number of aromatic nitrogens is 1. The summed E-state index contributed by atoms with van der Waals surface area (Å²) in [4.78, 5) is 5.72. The number of thiophene rings is 1. The van der Waals surface area contributed by atoms with Crippen molar-refractivity contribution in [2.45, 2.75) is 6.92 Å². The Morgan fingerprint density at radius 1 is 1.23 bits per heavy atom. The van der Waals surface area contributed by atoms with Gasteiger partial charge >= 0.3 is 0 Å². The van der Waals surface area contributed by atoms with Gasteiger partial charge in [-0.3, -0.25) is 0 Å². The average molecular weight is 387 g/mol. The van der Waals surface area contributed by atoms with Gasteiger partial charge in [-0.1, -0.05) is 28.1 Å². The molecule has 0 saturated heterocycles. The van der Waals surface area contributed by atoms with E-state index in [4.69, 9.17) is 0 Å². The fraction of sp³-hybridized carbons (Fsp3) is 0.0588. The van der Waals surface area contributed by atoms with Crippen LogP contribution in [0.3, 0.4) is 0 Å². The van der Waals surface area contributed by atoms with Crippen LogP contribution in [0.15, 0.2) is 45.6 Å². The van der Waals surface area contributed by atoms with Crippen molar-refractivity contribution in [1.29, 1.82) is 5.26 Å². The van der Waals surface area contributed by atoms with E-state index >= 15 is 0 Å². The van der Waals surface area contributed by atoms with Crippen molar-refractivity contribution in [3.63, 3.8) is 0 Å². The van der Waals surface area contributed by atoms with Crippen LogP contribution in [0.25, 0.3) is 22.9 Å². The normalized spacial score (nSPS) is 11.4. The van der Waals surface area contributed by atoms with Gasteiger partial charge in [0.1, 0.15) is 11.1 Å². The van der Waals surface area contributed by atoms with E-state index in [-0.39, 0.29) is 0 Å². The topological polar surface area (TPSA) is 36.7 Å². The van der Waals surface area contributed by atoms with Gasteiger partial charge < -0.3 is 0 Å². The van der Waals surface area contributed by atoms with Gasteiger partial charge in [0.05, 0.1) is 11.3 Å². The van der Waals surface area contributed by atoms with Crippen molar-refractivity contribution in [1.82, 2.24) is 4.98 Å². The Balaban J connectivity index is 1.95. The van der Waals surface area contributed by atoms with Crippen LogP contribution in [-0.2, 0) is 0 Å². The molecule has 3 rings (SSSR count). The largest absolute Gasteiger partial charge is 0.235 e. The monoisotopic (exact) mass is 386 g/mol. The molecule has 1 aromatic carbocycles. The predicted molar refractivity (Wildman–Crippen MR) is 97.8 cm³/mol. The summed E-state index contributed by atoms with van der Waals surface area (Å²) in [5, 5.41) is 14.2. The molecule has 0 N–H and O–H groups in total. The molecule has 22 heavy (non-hydrogen) atoms. The zero-order valence-corrected chi connectivity index (χ0v) is 14.9. The van der Waals surface area contributed by atoms with Crippen LogP contribution in [0.2, 0.25) is 0 Å². The Kier molecular flexibility index (Phi) is 4.53. The number of thiazole rings is 1. The Labute approximate surface area is 145 Å². The highest BCUT2D eigenvalue weighted by molar-refractivity contribution is 9.10. The Hall–Kier alpha value is -1.74. The summed E-state index contributed by atoms with van der Waals surface area (Å²) in [6, 6.07) is 12.3. The summed E-state index contributed by atoms with van der Waals surface area (Å²) < 4.78 is 1.04. The molecular formula is C17H11BrN2S2. The number of nitriles is 1. The first-order valence-electron chi connectivity index (χ1n) is 6.55. The second-order valence-electron chi connectivity index (χ2n) is 4.68. The van der Waals surface area contributed by atoms with Crippen LogP contribution in [0.4, 0.5) is 0 Å². The number of halogens is 1. The van der Waals surface area contributed by atoms with Crippen molar-refractivity contribution < 1.29 is 0 Å². The summed E-state index contributed by atoms with van der Waals surface area (Å²) in [6.07, 6.45) is 1.92. The average Bonchev–Trinajstić information content (AvgIpc) is 3.15. The molecule has 0 fully saturated rings. The van der Waals surface area contributed by atoms with Crippen LogP contribution in [-0.4, -0.2) is 4.98 Å². The molecule has 0 spiro atoms. The lowest BCUT2D eigenvalue weighted by Crippen LogP contribution is -1.82. The molecule has 0 bridgehead atoms. The summed E-state index contributed by atoms with van der Waals surface area (Å²) >= 11 is 6.57. The second kappa shape index (κ2) is 6.57. The maximum Gasteiger partial charge on any atom is 0.134 e. The summed E-state index contributed by atoms with van der Waals surface area (Å²) in [7, 11) is 0. The number of hydrogen-bond acceptors (Lipinski definition) is 4. The summed E-state index contributed by atoms with van der Waals surface area (Å²) in [5.74, 6) is 0. The zero-order chi connectivity index (χ0) is 15.5. The van der Waals surface area contributed by atoms with Gasteiger partial charge in [-0.15, -0.1) is 22.7 Å². The smallest absolute Gasteiger partial charge is 0.134 e. The number of benzene rings is 1. The van der Waals surface area contributed by atoms with E-state index in [2.05, 4.69) is 33.0 Å². The number of rotatable bonds is 3. The number of allylic oxidation sites excluding steroid dienone is 1. The third-order valence-corrected chi connectivity index (χ3v) is 5.54. The van der Waals surface area contributed by atoms with E-state index in [9.17, 15) is 5.26 Å². The molecular weight excluding hydrogens is 376 g/mol. The lowest BCUT2D eigenvalue weighted by molar-refractivity contribution is 1.37. The van der Waals surface area contributed by atoms with E-state index < -0.39 is 0 Å². The highest BCUT2D eigenvalue weighted by Crippen LogP contribution is 2.29. The minimum atomic E-state index is 0.610. The molecule has 2 nitrogen and oxygen atoms in total. The number of hydrogen-bond donors (Lipinski definition) is 0. The Morgan fingerprint density at radius 2 is 2.00 bits per heavy atom. The van der Waals surface area contributed by atoms with Gasteiger partial charge in [0.2, 0.25) is 0 Å². The van der Waals surface area contributed by atoms with Crippen LogP contribution >= 0.6 is 38.6 Å². The molecule has 0 aliphatic carbocycles. The standard InChI is InChI=1S/C17H11BrN2S2/c1-11-6-7-21-16(11)8-13(9-19)17-20-15(10-22-17)12-2-4-14(18)5-3-12/h2-8,10H,1H3. The van der Waals surface area contributed by atoms with Crippen molar-refractivity contribution in [3.8, 4) is 17.3 Å². The van der Waals surface area contributed by atoms with Crippen molar-refractivity contribution >= 4 is 50.3 Å². The molecule has 0 atom stereocenters. The Bertz CT molecular complexity index is 867. The molecule has 5 heteroatoms. The van der Waals surface area contributed by atoms with Crippen molar-refractivity contribution in [3.05, 3.63) is 61.0 Å². The number of aryl methyl sites for hydroxylation is 1. The van der Waals surface area contributed by atoms with Crippen molar-refractivity contribution in [2.24, 2.45) is 0 Å². The van der Waals surface area contributed by atoms with Crippen LogP contribution in [0.5, 0.6) is 0 Å². The fourth-order valence-corrected chi connectivity index (χ4v) is 3.87. The lowest BCUT2D eigenvalue weighted by atomic mass is 10.2. The third-order valence-electron chi connectivity index (χ3n) is 3.17. The molecule has 3 aromatic rings. The van der Waals surface area contributed by atoms with Gasteiger partial charge in [0.25, 0.3) is 0 Å². The number of nitrogens with zero attached hydrogens (tertiary/aromatic N) is 2. The van der Waals surface area contributed by atoms with Gasteiger partial charge in [0.15, 0.2) is 0 Å². The second-order valence-corrected chi connectivity index (χ2v) is 7.40. The van der Waals surface area contributed by atoms with Gasteiger partial charge in [-0.05, 0) is 42.1 Å². The highest BCUT2D eigenvalue weighted by atomic mass is 79.9. The van der Waals surface area contributed by atoms with Crippen molar-refractivity contribution in [2.75, 3.05) is 0 Å². The Morgan fingerprint density at radius 3 is 2.64 bits per heavy atom. The van der Waals surface area contributed by atoms with E-state index in [0.29, 0.717) is 5.57 Å². The molecule has 0 saturated carbocycles. The SMILES string of the molecule is Cc1ccsc1C=C(C#N)c1nc(-c2ccc(Br)cc2)cs1. The maximum absolute atomic E-state index is 9.43. The molecule has 108 valence electrons. The minimum Gasteiger partial charge on any atom is -0.235 e. The van der Waals surface area contributed by atoms with Gasteiger partial charge in [-0.25, -0.2) is 4.98 Å². The molecule has 0 amide bonds. The molecule has 0 unspecified atom stereocenters.